The molecule has 0 saturated carbocycles. The van der Waals surface area contributed by atoms with E-state index in [2.05, 4.69) is 42.0 Å². The van der Waals surface area contributed by atoms with Crippen LogP contribution in [0.15, 0.2) is 90.1 Å². The number of β-amino-alcohol motifs (C(OH)–C–C–N with tert-alkyl or cyclic N) is 1. The van der Waals surface area contributed by atoms with Crippen LogP contribution in [0.25, 0.3) is 33.3 Å². The zero-order chi connectivity index (χ0) is 32.9. The molecule has 2 aliphatic heterocycles. The van der Waals surface area contributed by atoms with Crippen molar-refractivity contribution in [3.8, 4) is 22.3 Å². The second-order valence-corrected chi connectivity index (χ2v) is 14.6. The van der Waals surface area contributed by atoms with Crippen molar-refractivity contribution in [2.45, 2.75) is 31.3 Å². The van der Waals surface area contributed by atoms with E-state index in [0.29, 0.717) is 41.7 Å². The van der Waals surface area contributed by atoms with E-state index in [1.165, 1.54) is 15.2 Å². The summed E-state index contributed by atoms with van der Waals surface area (Å²) in [5.41, 5.74) is 7.59. The molecule has 2 fully saturated rings. The zero-order valence-electron chi connectivity index (χ0n) is 26.9. The number of benzene rings is 3. The zero-order valence-corrected chi connectivity index (χ0v) is 27.7. The Morgan fingerprint density at radius 1 is 0.851 bits per heavy atom. The third kappa shape index (κ3) is 5.93. The maximum absolute atomic E-state index is 14.0. The van der Waals surface area contributed by atoms with Crippen molar-refractivity contribution in [2.75, 3.05) is 51.2 Å². The maximum Gasteiger partial charge on any atom is 0.269 e. The van der Waals surface area contributed by atoms with Gasteiger partial charge in [-0.25, -0.2) is 17.4 Å². The molecule has 0 aliphatic carbocycles. The molecule has 47 heavy (non-hydrogen) atoms. The van der Waals surface area contributed by atoms with Gasteiger partial charge in [0.05, 0.1) is 11.0 Å². The summed E-state index contributed by atoms with van der Waals surface area (Å²) in [6, 6.07) is 22.5. The second-order valence-electron chi connectivity index (χ2n) is 12.8. The van der Waals surface area contributed by atoms with E-state index in [0.717, 1.165) is 48.4 Å². The normalized spacial score (nSPS) is 17.5. The number of amides is 1. The quantitative estimate of drug-likeness (QED) is 0.271. The van der Waals surface area contributed by atoms with Crippen LogP contribution in [0.5, 0.6) is 0 Å². The van der Waals surface area contributed by atoms with E-state index in [1.54, 1.807) is 53.7 Å². The lowest BCUT2D eigenvalue weighted by Crippen LogP contribution is -2.44. The first-order valence-corrected chi connectivity index (χ1v) is 17.5. The molecule has 1 atom stereocenters. The number of likely N-dealkylation sites (tertiary alicyclic amines) is 1. The van der Waals surface area contributed by atoms with E-state index in [1.807, 2.05) is 25.1 Å². The van der Waals surface area contributed by atoms with E-state index in [9.17, 15) is 18.3 Å². The summed E-state index contributed by atoms with van der Waals surface area (Å²) >= 11 is 0. The van der Waals surface area contributed by atoms with E-state index < -0.39 is 16.1 Å². The van der Waals surface area contributed by atoms with Crippen LogP contribution < -0.4 is 4.90 Å². The van der Waals surface area contributed by atoms with Crippen LogP contribution in [0.1, 0.15) is 27.9 Å². The molecule has 10 heteroatoms. The summed E-state index contributed by atoms with van der Waals surface area (Å²) < 4.78 is 29.2. The average molecular weight is 650 g/mol. The molecule has 2 aromatic heterocycles. The molecule has 0 radical (unpaired) electrons. The topological polar surface area (TPSA) is 99.0 Å². The second kappa shape index (κ2) is 12.3. The Morgan fingerprint density at radius 2 is 1.55 bits per heavy atom. The molecule has 0 unspecified atom stereocenters. The minimum Gasteiger partial charge on any atom is -0.391 e. The third-order valence-electron chi connectivity index (χ3n) is 9.46. The predicted octanol–water partition coefficient (Wildman–Crippen LogP) is 5.18. The van der Waals surface area contributed by atoms with Gasteiger partial charge in [-0.2, -0.15) is 0 Å². The Hall–Kier alpha value is -4.51. The van der Waals surface area contributed by atoms with Crippen molar-refractivity contribution in [1.29, 1.82) is 0 Å². The predicted molar refractivity (Wildman–Crippen MR) is 185 cm³/mol. The fourth-order valence-electron chi connectivity index (χ4n) is 6.61. The highest BCUT2D eigenvalue weighted by Crippen LogP contribution is 2.36. The number of aryl methyl sites for hydroxylation is 2. The van der Waals surface area contributed by atoms with Crippen LogP contribution in [0.2, 0.25) is 0 Å². The number of anilines is 1. The Morgan fingerprint density at radius 3 is 2.21 bits per heavy atom. The summed E-state index contributed by atoms with van der Waals surface area (Å²) in [7, 11) is -1.80. The van der Waals surface area contributed by atoms with Crippen LogP contribution in [0.4, 0.5) is 5.69 Å². The lowest BCUT2D eigenvalue weighted by Gasteiger charge is -2.35. The third-order valence-corrected chi connectivity index (χ3v) is 11.1. The number of nitrogens with zero attached hydrogens (tertiary/aromatic N) is 5. The monoisotopic (exact) mass is 649 g/mol. The highest BCUT2D eigenvalue weighted by Gasteiger charge is 2.27. The summed E-state index contributed by atoms with van der Waals surface area (Å²) in [5.74, 6) is -0.128. The Kier molecular flexibility index (Phi) is 8.11. The summed E-state index contributed by atoms with van der Waals surface area (Å²) in [6.45, 7) is 8.94. The van der Waals surface area contributed by atoms with E-state index in [-0.39, 0.29) is 10.8 Å². The minimum atomic E-state index is -3.95. The fourth-order valence-corrected chi connectivity index (χ4v) is 7.94. The molecular formula is C37H39N5O4S. The molecule has 0 bridgehead atoms. The lowest BCUT2D eigenvalue weighted by atomic mass is 9.99. The fraction of sp³-hybridized carbons (Fsp3) is 0.297. The lowest BCUT2D eigenvalue weighted by molar-refractivity contribution is 0.0765. The molecule has 242 valence electrons. The Labute approximate surface area is 275 Å². The Balaban J connectivity index is 1.30. The maximum atomic E-state index is 14.0. The van der Waals surface area contributed by atoms with Gasteiger partial charge < -0.3 is 19.8 Å². The smallest absolute Gasteiger partial charge is 0.269 e. The van der Waals surface area contributed by atoms with Gasteiger partial charge in [-0.15, -0.1) is 0 Å². The number of piperazine rings is 1. The molecule has 2 aliphatic rings. The first kappa shape index (κ1) is 31.1. The van der Waals surface area contributed by atoms with E-state index >= 15 is 0 Å². The van der Waals surface area contributed by atoms with Crippen molar-refractivity contribution in [3.63, 3.8) is 0 Å². The molecule has 1 amide bonds. The van der Waals surface area contributed by atoms with Crippen LogP contribution in [-0.2, 0) is 10.0 Å². The van der Waals surface area contributed by atoms with Gasteiger partial charge in [0.25, 0.3) is 15.9 Å². The summed E-state index contributed by atoms with van der Waals surface area (Å²) in [4.78, 5) is 24.4. The summed E-state index contributed by atoms with van der Waals surface area (Å²) in [6.07, 6.45) is 3.45. The first-order chi connectivity index (χ1) is 22.6. The van der Waals surface area contributed by atoms with Gasteiger partial charge in [0.2, 0.25) is 0 Å². The number of hydrogen-bond donors (Lipinski definition) is 1. The molecule has 2 saturated heterocycles. The molecule has 9 nitrogen and oxygen atoms in total. The molecule has 5 aromatic rings. The average Bonchev–Trinajstić information content (AvgIpc) is 3.69. The molecule has 3 aromatic carbocycles. The van der Waals surface area contributed by atoms with E-state index in [4.69, 9.17) is 4.98 Å². The largest absolute Gasteiger partial charge is 0.391 e. The summed E-state index contributed by atoms with van der Waals surface area (Å²) in [5, 5.41) is 10.6. The van der Waals surface area contributed by atoms with Gasteiger partial charge in [-0.3, -0.25) is 4.79 Å². The van der Waals surface area contributed by atoms with Crippen molar-refractivity contribution in [2.24, 2.45) is 0 Å². The minimum absolute atomic E-state index is 0.128. The van der Waals surface area contributed by atoms with Gasteiger partial charge in [-0.05, 0) is 86.5 Å². The van der Waals surface area contributed by atoms with Gasteiger partial charge in [0.1, 0.15) is 0 Å². The first-order valence-electron chi connectivity index (χ1n) is 16.0. The molecular weight excluding hydrogens is 611 g/mol. The van der Waals surface area contributed by atoms with Crippen molar-refractivity contribution in [3.05, 3.63) is 102 Å². The van der Waals surface area contributed by atoms with Crippen LogP contribution in [0.3, 0.4) is 0 Å². The molecule has 0 spiro atoms. The van der Waals surface area contributed by atoms with Crippen LogP contribution in [0, 0.1) is 13.8 Å². The van der Waals surface area contributed by atoms with Crippen LogP contribution in [-0.4, -0.2) is 90.6 Å². The van der Waals surface area contributed by atoms with Gasteiger partial charge in [0.15, 0.2) is 5.65 Å². The standard InChI is InChI=1S/C37H39N5O4S/c1-25-4-11-32(12-5-25)47(45,46)42-24-34(27-6-8-28(9-7-27)37(44)41-15-14-31(43)23-41)33-21-30(22-38-36(33)42)29-10-13-35(26(2)20-29)40-18-16-39(3)17-19-40/h4-13,20-22,24,31,43H,14-19,23H2,1-3H3/t31-/m1/s1. The number of rotatable bonds is 6. The molecule has 1 N–H and O–H groups in total. The van der Waals surface area contributed by atoms with Crippen molar-refractivity contribution >= 4 is 32.7 Å². The molecule has 4 heterocycles. The number of aromatic nitrogens is 2. The number of carbonyl (C=O) groups excluding carboxylic acids is 1. The van der Waals surface area contributed by atoms with Gasteiger partial charge >= 0.3 is 0 Å². The number of fused-ring (bicyclic) bond motifs is 1. The number of aliphatic hydroxyl groups excluding tert-OH is 1. The van der Waals surface area contributed by atoms with Gasteiger partial charge in [-0.1, -0.05) is 35.9 Å². The highest BCUT2D eigenvalue weighted by atomic mass is 32.2. The van der Waals surface area contributed by atoms with Crippen LogP contribution >= 0.6 is 0 Å². The SMILES string of the molecule is Cc1ccc(S(=O)(=O)n2cc(-c3ccc(C(=O)N4CC[C@@H](O)C4)cc3)c3cc(-c4ccc(N5CCN(C)CC5)c(C)c4)cnc32)cc1. The number of pyridine rings is 1. The Bertz CT molecular complexity index is 2060. The van der Waals surface area contributed by atoms with Gasteiger partial charge in [0, 0.05) is 79.4 Å². The van der Waals surface area contributed by atoms with Crippen molar-refractivity contribution < 1.29 is 18.3 Å². The number of likely N-dealkylation sites (N-methyl/N-ethyl adjacent to an activating group) is 1. The van der Waals surface area contributed by atoms with Crippen molar-refractivity contribution in [1.82, 2.24) is 18.8 Å². The number of hydrogen-bond acceptors (Lipinski definition) is 7. The molecule has 7 rings (SSSR count). The number of carbonyl (C=O) groups is 1. The number of aliphatic hydroxyl groups is 1. The highest BCUT2D eigenvalue weighted by molar-refractivity contribution is 7.90.